The fourth-order valence-electron chi connectivity index (χ4n) is 1.72. The maximum absolute atomic E-state index is 4.58. The van der Waals surface area contributed by atoms with Crippen LogP contribution in [0.4, 0.5) is 0 Å². The first-order valence-corrected chi connectivity index (χ1v) is 4.68. The molecule has 0 unspecified atom stereocenters. The van der Waals surface area contributed by atoms with Crippen molar-refractivity contribution in [2.75, 3.05) is 0 Å². The molecule has 77 valence electrons. The topological polar surface area (TPSA) is 12.9 Å². The van der Waals surface area contributed by atoms with E-state index < -0.39 is 0 Å². The van der Waals surface area contributed by atoms with Crippen molar-refractivity contribution in [1.82, 2.24) is 4.98 Å². The summed E-state index contributed by atoms with van der Waals surface area (Å²) in [6, 6.07) is 18.6. The minimum absolute atomic E-state index is 0. The Morgan fingerprint density at radius 2 is 1.13 bits per heavy atom. The van der Waals surface area contributed by atoms with E-state index in [-0.39, 0.29) is 17.1 Å². The molecule has 2 aromatic carbocycles. The zero-order valence-corrected chi connectivity index (χ0v) is 8.89. The van der Waals surface area contributed by atoms with Crippen molar-refractivity contribution >= 4 is 21.8 Å². The summed E-state index contributed by atoms with van der Waals surface area (Å²) < 4.78 is 0. The normalized spacial score (nSPS) is 10.1. The van der Waals surface area contributed by atoms with E-state index in [1.807, 2.05) is 36.4 Å². The van der Waals surface area contributed by atoms with E-state index >= 15 is 0 Å². The van der Waals surface area contributed by atoms with Crippen LogP contribution in [0.15, 0.2) is 54.6 Å². The van der Waals surface area contributed by atoms with Gasteiger partial charge in [-0.05, 0) is 18.2 Å². The van der Waals surface area contributed by atoms with Gasteiger partial charge in [0.15, 0.2) is 0 Å². The Balaban J connectivity index is 0.000000853. The van der Waals surface area contributed by atoms with Crippen LogP contribution in [0.1, 0.15) is 0 Å². The number of nitrogens with zero attached hydrogens (tertiary/aromatic N) is 1. The summed E-state index contributed by atoms with van der Waals surface area (Å²) >= 11 is 0. The number of para-hydroxylation sites is 2. The molecule has 0 spiro atoms. The molecule has 0 atom stereocenters. The van der Waals surface area contributed by atoms with Crippen molar-refractivity contribution in [2.24, 2.45) is 0 Å². The van der Waals surface area contributed by atoms with Gasteiger partial charge in [0.2, 0.25) is 0 Å². The van der Waals surface area contributed by atoms with E-state index in [4.69, 9.17) is 0 Å². The van der Waals surface area contributed by atoms with Crippen molar-refractivity contribution in [3.05, 3.63) is 54.6 Å². The summed E-state index contributed by atoms with van der Waals surface area (Å²) in [6.07, 6.45) is 0. The van der Waals surface area contributed by atoms with E-state index in [2.05, 4.69) is 23.2 Å². The molecule has 0 amide bonds. The van der Waals surface area contributed by atoms with E-state index in [9.17, 15) is 0 Å². The Morgan fingerprint density at radius 1 is 0.667 bits per heavy atom. The SMILES string of the molecule is [Cu].c1ccc2nc3ccccc3cc2c1. The van der Waals surface area contributed by atoms with Gasteiger partial charge in [0.1, 0.15) is 0 Å². The molecule has 1 heterocycles. The molecular weight excluding hydrogens is 234 g/mol. The first-order valence-electron chi connectivity index (χ1n) is 4.68. The van der Waals surface area contributed by atoms with Gasteiger partial charge in [0.25, 0.3) is 0 Å². The number of rotatable bonds is 0. The zero-order chi connectivity index (χ0) is 9.38. The quantitative estimate of drug-likeness (QED) is 0.435. The fraction of sp³-hybridized carbons (Fsp3) is 0. The maximum Gasteiger partial charge on any atom is 0.0709 e. The monoisotopic (exact) mass is 242 g/mol. The molecule has 1 aromatic heterocycles. The summed E-state index contributed by atoms with van der Waals surface area (Å²) in [7, 11) is 0. The van der Waals surface area contributed by atoms with Crippen LogP contribution in [0.25, 0.3) is 21.8 Å². The summed E-state index contributed by atoms with van der Waals surface area (Å²) in [5, 5.41) is 2.40. The first kappa shape index (κ1) is 10.2. The standard InChI is InChI=1S/C13H9N.Cu/c1-3-7-12-10(5-1)9-11-6-2-4-8-13(11)14-12;/h1-9H;. The number of fused-ring (bicyclic) bond motifs is 2. The average Bonchev–Trinajstić information content (AvgIpc) is 2.26. The summed E-state index contributed by atoms with van der Waals surface area (Å²) in [5.74, 6) is 0. The Bertz CT molecular complexity index is 499. The van der Waals surface area contributed by atoms with Crippen LogP contribution >= 0.6 is 0 Å². The largest absolute Gasteiger partial charge is 0.248 e. The number of hydrogen-bond acceptors (Lipinski definition) is 1. The van der Waals surface area contributed by atoms with Crippen LogP contribution in [0, 0.1) is 0 Å². The molecule has 0 saturated heterocycles. The summed E-state index contributed by atoms with van der Waals surface area (Å²) in [5.41, 5.74) is 2.12. The second-order valence-corrected chi connectivity index (χ2v) is 3.37. The van der Waals surface area contributed by atoms with E-state index in [1.54, 1.807) is 0 Å². The van der Waals surface area contributed by atoms with Gasteiger partial charge in [-0.15, -0.1) is 0 Å². The van der Waals surface area contributed by atoms with Gasteiger partial charge in [-0.3, -0.25) is 0 Å². The van der Waals surface area contributed by atoms with Crippen LogP contribution in [0.3, 0.4) is 0 Å². The van der Waals surface area contributed by atoms with Crippen molar-refractivity contribution in [1.29, 1.82) is 0 Å². The third-order valence-corrected chi connectivity index (χ3v) is 2.43. The zero-order valence-electron chi connectivity index (χ0n) is 7.94. The molecular formula is C13H9CuN. The Labute approximate surface area is 98.6 Å². The third kappa shape index (κ3) is 1.74. The van der Waals surface area contributed by atoms with Crippen LogP contribution in [0.2, 0.25) is 0 Å². The van der Waals surface area contributed by atoms with Gasteiger partial charge in [-0.2, -0.15) is 0 Å². The molecule has 2 heteroatoms. The van der Waals surface area contributed by atoms with E-state index in [0.717, 1.165) is 11.0 Å². The van der Waals surface area contributed by atoms with Crippen LogP contribution in [-0.4, -0.2) is 4.98 Å². The van der Waals surface area contributed by atoms with Crippen LogP contribution in [0.5, 0.6) is 0 Å². The van der Waals surface area contributed by atoms with Crippen molar-refractivity contribution in [3.63, 3.8) is 0 Å². The minimum Gasteiger partial charge on any atom is -0.248 e. The van der Waals surface area contributed by atoms with Crippen molar-refractivity contribution in [2.45, 2.75) is 0 Å². The molecule has 3 rings (SSSR count). The van der Waals surface area contributed by atoms with E-state index in [0.29, 0.717) is 0 Å². The molecule has 1 radical (unpaired) electrons. The van der Waals surface area contributed by atoms with Gasteiger partial charge in [0.05, 0.1) is 11.0 Å². The first-order chi connectivity index (χ1) is 6.93. The van der Waals surface area contributed by atoms with Gasteiger partial charge in [0, 0.05) is 27.8 Å². The molecule has 0 aliphatic heterocycles. The Morgan fingerprint density at radius 3 is 1.67 bits per heavy atom. The van der Waals surface area contributed by atoms with Gasteiger partial charge >= 0.3 is 0 Å². The molecule has 15 heavy (non-hydrogen) atoms. The summed E-state index contributed by atoms with van der Waals surface area (Å²) in [6.45, 7) is 0. The molecule has 0 aliphatic rings. The number of pyridine rings is 1. The third-order valence-electron chi connectivity index (χ3n) is 2.43. The van der Waals surface area contributed by atoms with Gasteiger partial charge in [-0.1, -0.05) is 36.4 Å². The number of aromatic nitrogens is 1. The maximum atomic E-state index is 4.58. The second kappa shape index (κ2) is 4.01. The molecule has 0 bridgehead atoms. The van der Waals surface area contributed by atoms with Crippen LogP contribution in [-0.2, 0) is 17.1 Å². The Kier molecular flexibility index (Phi) is 2.72. The average molecular weight is 243 g/mol. The molecule has 0 N–H and O–H groups in total. The smallest absolute Gasteiger partial charge is 0.0709 e. The second-order valence-electron chi connectivity index (χ2n) is 3.37. The number of benzene rings is 2. The van der Waals surface area contributed by atoms with E-state index in [1.165, 1.54) is 10.8 Å². The fourth-order valence-corrected chi connectivity index (χ4v) is 1.72. The summed E-state index contributed by atoms with van der Waals surface area (Å²) in [4.78, 5) is 4.58. The predicted octanol–water partition coefficient (Wildman–Crippen LogP) is 3.39. The Hall–Kier alpha value is -1.37. The van der Waals surface area contributed by atoms with Crippen molar-refractivity contribution < 1.29 is 17.1 Å². The van der Waals surface area contributed by atoms with Crippen LogP contribution < -0.4 is 0 Å². The molecule has 0 saturated carbocycles. The molecule has 0 fully saturated rings. The number of hydrogen-bond donors (Lipinski definition) is 0. The molecule has 0 aliphatic carbocycles. The molecule has 1 nitrogen and oxygen atoms in total. The molecule has 3 aromatic rings. The van der Waals surface area contributed by atoms with Gasteiger partial charge < -0.3 is 0 Å². The van der Waals surface area contributed by atoms with Gasteiger partial charge in [-0.25, -0.2) is 4.98 Å². The van der Waals surface area contributed by atoms with Crippen molar-refractivity contribution in [3.8, 4) is 0 Å². The predicted molar refractivity (Wildman–Crippen MR) is 59.2 cm³/mol. The minimum atomic E-state index is 0.